The minimum absolute atomic E-state index is 0.197. The molecular formula is C18H21ClN2. The van der Waals surface area contributed by atoms with Gasteiger partial charge in [-0.1, -0.05) is 47.5 Å². The number of nitrogens with zero attached hydrogens (tertiary/aromatic N) is 1. The van der Waals surface area contributed by atoms with E-state index in [9.17, 15) is 0 Å². The molecule has 2 atom stereocenters. The molecule has 2 aromatic carbocycles. The topological polar surface area (TPSA) is 29.3 Å². The monoisotopic (exact) mass is 300 g/mol. The summed E-state index contributed by atoms with van der Waals surface area (Å²) >= 11 is 6.12. The zero-order chi connectivity index (χ0) is 14.8. The summed E-state index contributed by atoms with van der Waals surface area (Å²) in [7, 11) is 0. The molecule has 0 amide bonds. The molecule has 2 unspecified atom stereocenters. The van der Waals surface area contributed by atoms with Crippen LogP contribution in [0.5, 0.6) is 0 Å². The third-order valence-corrected chi connectivity index (χ3v) is 4.40. The third-order valence-electron chi connectivity index (χ3n) is 4.17. The lowest BCUT2D eigenvalue weighted by Gasteiger charge is -2.38. The molecule has 110 valence electrons. The maximum atomic E-state index is 6.29. The molecule has 0 radical (unpaired) electrons. The molecule has 1 aliphatic rings. The SMILES string of the molecule is Cc1cccc(C2CC(N)CN(c3cccc(Cl)c3)C2)c1. The highest BCUT2D eigenvalue weighted by molar-refractivity contribution is 6.30. The summed E-state index contributed by atoms with van der Waals surface area (Å²) in [6, 6.07) is 17.0. The Morgan fingerprint density at radius 3 is 2.67 bits per heavy atom. The van der Waals surface area contributed by atoms with Crippen LogP contribution in [0.15, 0.2) is 48.5 Å². The van der Waals surface area contributed by atoms with Gasteiger partial charge in [0.1, 0.15) is 0 Å². The highest BCUT2D eigenvalue weighted by Gasteiger charge is 2.26. The van der Waals surface area contributed by atoms with E-state index in [1.54, 1.807) is 0 Å². The van der Waals surface area contributed by atoms with Gasteiger partial charge < -0.3 is 10.6 Å². The number of nitrogens with two attached hydrogens (primary N) is 1. The Morgan fingerprint density at radius 1 is 1.10 bits per heavy atom. The van der Waals surface area contributed by atoms with Gasteiger partial charge in [-0.3, -0.25) is 0 Å². The van der Waals surface area contributed by atoms with Crippen molar-refractivity contribution in [3.05, 3.63) is 64.7 Å². The summed E-state index contributed by atoms with van der Waals surface area (Å²) in [6.07, 6.45) is 1.04. The predicted molar refractivity (Wildman–Crippen MR) is 90.2 cm³/mol. The number of piperidine rings is 1. The molecule has 0 aliphatic carbocycles. The van der Waals surface area contributed by atoms with Crippen LogP contribution in [0.4, 0.5) is 5.69 Å². The standard InChI is InChI=1S/C18H21ClN2/c1-13-4-2-5-14(8-13)15-9-17(20)12-21(11-15)18-7-3-6-16(19)10-18/h2-8,10,15,17H,9,11-12,20H2,1H3. The van der Waals surface area contributed by atoms with Crippen LogP contribution in [-0.2, 0) is 0 Å². The van der Waals surface area contributed by atoms with Crippen LogP contribution in [0.25, 0.3) is 0 Å². The summed E-state index contributed by atoms with van der Waals surface area (Å²) < 4.78 is 0. The second-order valence-electron chi connectivity index (χ2n) is 5.99. The first-order chi connectivity index (χ1) is 10.1. The zero-order valence-corrected chi connectivity index (χ0v) is 13.1. The number of rotatable bonds is 2. The lowest BCUT2D eigenvalue weighted by atomic mass is 9.87. The molecule has 0 spiro atoms. The van der Waals surface area contributed by atoms with Crippen LogP contribution in [0.3, 0.4) is 0 Å². The van der Waals surface area contributed by atoms with Gasteiger partial charge in [0.05, 0.1) is 0 Å². The van der Waals surface area contributed by atoms with Crippen LogP contribution < -0.4 is 10.6 Å². The van der Waals surface area contributed by atoms with E-state index in [0.717, 1.165) is 30.2 Å². The van der Waals surface area contributed by atoms with Gasteiger partial charge in [0.2, 0.25) is 0 Å². The number of halogens is 1. The lowest BCUT2D eigenvalue weighted by Crippen LogP contribution is -2.46. The smallest absolute Gasteiger partial charge is 0.0426 e. The molecule has 2 nitrogen and oxygen atoms in total. The number of hydrogen-bond donors (Lipinski definition) is 1. The minimum atomic E-state index is 0.197. The maximum Gasteiger partial charge on any atom is 0.0426 e. The Bertz CT molecular complexity index is 573. The van der Waals surface area contributed by atoms with Gasteiger partial charge in [-0.25, -0.2) is 0 Å². The zero-order valence-electron chi connectivity index (χ0n) is 12.3. The Morgan fingerprint density at radius 2 is 1.90 bits per heavy atom. The van der Waals surface area contributed by atoms with Crippen LogP contribution in [0.2, 0.25) is 5.02 Å². The molecule has 2 aromatic rings. The second kappa shape index (κ2) is 6.08. The molecule has 0 aromatic heterocycles. The van der Waals surface area contributed by atoms with Crippen molar-refractivity contribution in [2.24, 2.45) is 5.73 Å². The highest BCUT2D eigenvalue weighted by atomic mass is 35.5. The molecule has 1 heterocycles. The lowest BCUT2D eigenvalue weighted by molar-refractivity contribution is 0.454. The fraction of sp³-hybridized carbons (Fsp3) is 0.333. The average Bonchev–Trinajstić information content (AvgIpc) is 2.46. The summed E-state index contributed by atoms with van der Waals surface area (Å²) in [4.78, 5) is 2.35. The molecule has 0 saturated carbocycles. The number of hydrogen-bond acceptors (Lipinski definition) is 2. The number of anilines is 1. The Kier molecular flexibility index (Phi) is 4.18. The van der Waals surface area contributed by atoms with Crippen molar-refractivity contribution >= 4 is 17.3 Å². The van der Waals surface area contributed by atoms with Crippen LogP contribution in [-0.4, -0.2) is 19.1 Å². The third kappa shape index (κ3) is 3.39. The molecule has 21 heavy (non-hydrogen) atoms. The van der Waals surface area contributed by atoms with Crippen LogP contribution in [0.1, 0.15) is 23.5 Å². The van der Waals surface area contributed by atoms with Crippen LogP contribution in [0, 0.1) is 6.92 Å². The largest absolute Gasteiger partial charge is 0.369 e. The fourth-order valence-electron chi connectivity index (χ4n) is 3.19. The van der Waals surface area contributed by atoms with E-state index < -0.39 is 0 Å². The van der Waals surface area contributed by atoms with Crippen molar-refractivity contribution in [3.63, 3.8) is 0 Å². The minimum Gasteiger partial charge on any atom is -0.369 e. The van der Waals surface area contributed by atoms with Crippen molar-refractivity contribution in [2.75, 3.05) is 18.0 Å². The number of aryl methyl sites for hydroxylation is 1. The first kappa shape index (κ1) is 14.4. The van der Waals surface area contributed by atoms with E-state index in [4.69, 9.17) is 17.3 Å². The molecule has 2 N–H and O–H groups in total. The van der Waals surface area contributed by atoms with E-state index in [1.165, 1.54) is 11.1 Å². The quantitative estimate of drug-likeness (QED) is 0.909. The van der Waals surface area contributed by atoms with Gasteiger partial charge in [0.15, 0.2) is 0 Å². The van der Waals surface area contributed by atoms with Gasteiger partial charge in [0, 0.05) is 35.8 Å². The first-order valence-corrected chi connectivity index (χ1v) is 7.82. The Hall–Kier alpha value is -1.51. The van der Waals surface area contributed by atoms with Crippen molar-refractivity contribution in [2.45, 2.75) is 25.3 Å². The van der Waals surface area contributed by atoms with E-state index in [1.807, 2.05) is 18.2 Å². The highest BCUT2D eigenvalue weighted by Crippen LogP contribution is 2.30. The van der Waals surface area contributed by atoms with E-state index in [2.05, 4.69) is 42.2 Å². The normalized spacial score (nSPS) is 22.3. The maximum absolute atomic E-state index is 6.29. The molecule has 3 rings (SSSR count). The van der Waals surface area contributed by atoms with Gasteiger partial charge in [-0.15, -0.1) is 0 Å². The average molecular weight is 301 g/mol. The van der Waals surface area contributed by atoms with Crippen molar-refractivity contribution in [1.29, 1.82) is 0 Å². The molecular weight excluding hydrogens is 280 g/mol. The Labute approximate surface area is 131 Å². The molecule has 1 fully saturated rings. The van der Waals surface area contributed by atoms with E-state index in [0.29, 0.717) is 5.92 Å². The van der Waals surface area contributed by atoms with Gasteiger partial charge >= 0.3 is 0 Å². The second-order valence-corrected chi connectivity index (χ2v) is 6.43. The van der Waals surface area contributed by atoms with Crippen molar-refractivity contribution < 1.29 is 0 Å². The Balaban J connectivity index is 1.85. The van der Waals surface area contributed by atoms with Crippen molar-refractivity contribution in [3.8, 4) is 0 Å². The summed E-state index contributed by atoms with van der Waals surface area (Å²) in [5.41, 5.74) is 10.1. The van der Waals surface area contributed by atoms with Gasteiger partial charge in [0.25, 0.3) is 0 Å². The molecule has 1 aliphatic heterocycles. The molecule has 3 heteroatoms. The summed E-state index contributed by atoms with van der Waals surface area (Å²) in [5.74, 6) is 0.479. The van der Waals surface area contributed by atoms with Gasteiger partial charge in [-0.05, 0) is 37.1 Å². The molecule has 0 bridgehead atoms. The summed E-state index contributed by atoms with van der Waals surface area (Å²) in [5, 5.41) is 0.777. The molecule has 1 saturated heterocycles. The fourth-order valence-corrected chi connectivity index (χ4v) is 3.37. The first-order valence-electron chi connectivity index (χ1n) is 7.44. The summed E-state index contributed by atoms with van der Waals surface area (Å²) in [6.45, 7) is 4.03. The predicted octanol–water partition coefficient (Wildman–Crippen LogP) is 3.97. The van der Waals surface area contributed by atoms with Crippen molar-refractivity contribution in [1.82, 2.24) is 0 Å². The van der Waals surface area contributed by atoms with E-state index >= 15 is 0 Å². The van der Waals surface area contributed by atoms with Crippen LogP contribution >= 0.6 is 11.6 Å². The number of benzene rings is 2. The van der Waals surface area contributed by atoms with E-state index in [-0.39, 0.29) is 6.04 Å². The van der Waals surface area contributed by atoms with Gasteiger partial charge in [-0.2, -0.15) is 0 Å².